The molecule has 170 valence electrons. The number of aromatic nitrogens is 2. The fourth-order valence-corrected chi connectivity index (χ4v) is 5.26. The van der Waals surface area contributed by atoms with E-state index in [2.05, 4.69) is 45.5 Å². The average Bonchev–Trinajstić information content (AvgIpc) is 3.23. The number of benzene rings is 1. The lowest BCUT2D eigenvalue weighted by Gasteiger charge is -2.37. The standard InChI is InChI=1S/C24H32N6OS/c1-16-14-27-24(26-9-6-10-30-12-11-29(4)17(2)15-30)28-22(16)21-13-19-18(23(31)25-3)7-5-8-20(19)32-21/h5,7-8,13-14,17H,6,9-12,15H2,1-4H3,(H,25,31)(H,26,27,28). The number of aryl methyl sites for hydroxylation is 1. The number of anilines is 1. The molecule has 1 saturated heterocycles. The molecule has 1 unspecified atom stereocenters. The van der Waals surface area contributed by atoms with Crippen LogP contribution < -0.4 is 10.6 Å². The smallest absolute Gasteiger partial charge is 0.251 e. The number of hydrogen-bond acceptors (Lipinski definition) is 7. The zero-order valence-electron chi connectivity index (χ0n) is 19.3. The second-order valence-corrected chi connectivity index (χ2v) is 9.63. The summed E-state index contributed by atoms with van der Waals surface area (Å²) in [6.07, 6.45) is 2.93. The second kappa shape index (κ2) is 9.94. The summed E-state index contributed by atoms with van der Waals surface area (Å²) < 4.78 is 1.08. The first-order valence-electron chi connectivity index (χ1n) is 11.2. The van der Waals surface area contributed by atoms with Crippen LogP contribution in [0.3, 0.4) is 0 Å². The topological polar surface area (TPSA) is 73.4 Å². The van der Waals surface area contributed by atoms with E-state index in [-0.39, 0.29) is 5.91 Å². The van der Waals surface area contributed by atoms with Crippen molar-refractivity contribution in [3.05, 3.63) is 41.6 Å². The van der Waals surface area contributed by atoms with E-state index >= 15 is 0 Å². The summed E-state index contributed by atoms with van der Waals surface area (Å²) in [4.78, 5) is 27.5. The summed E-state index contributed by atoms with van der Waals surface area (Å²) in [5.74, 6) is 0.581. The van der Waals surface area contributed by atoms with Crippen molar-refractivity contribution in [2.24, 2.45) is 0 Å². The van der Waals surface area contributed by atoms with Crippen LogP contribution >= 0.6 is 11.3 Å². The highest BCUT2D eigenvalue weighted by Gasteiger charge is 2.20. The van der Waals surface area contributed by atoms with Crippen LogP contribution in [0.25, 0.3) is 20.7 Å². The fourth-order valence-electron chi connectivity index (χ4n) is 4.12. The highest BCUT2D eigenvalue weighted by atomic mass is 32.1. The number of piperazine rings is 1. The van der Waals surface area contributed by atoms with Crippen molar-refractivity contribution in [3.8, 4) is 10.6 Å². The van der Waals surface area contributed by atoms with Crippen LogP contribution in [0.4, 0.5) is 5.95 Å². The molecule has 2 N–H and O–H groups in total. The molecule has 4 rings (SSSR count). The quantitative estimate of drug-likeness (QED) is 0.535. The second-order valence-electron chi connectivity index (χ2n) is 8.54. The Morgan fingerprint density at radius 2 is 2.16 bits per heavy atom. The Balaban J connectivity index is 1.43. The normalized spacial score (nSPS) is 17.6. The number of rotatable bonds is 7. The molecule has 0 bridgehead atoms. The van der Waals surface area contributed by atoms with E-state index in [4.69, 9.17) is 4.98 Å². The molecule has 7 nitrogen and oxygen atoms in total. The Kier molecular flexibility index (Phi) is 7.03. The van der Waals surface area contributed by atoms with Crippen molar-refractivity contribution >= 4 is 33.3 Å². The molecule has 3 aromatic rings. The van der Waals surface area contributed by atoms with Gasteiger partial charge in [0.25, 0.3) is 5.91 Å². The summed E-state index contributed by atoms with van der Waals surface area (Å²) in [6.45, 7) is 9.64. The van der Waals surface area contributed by atoms with Crippen molar-refractivity contribution in [2.45, 2.75) is 26.3 Å². The van der Waals surface area contributed by atoms with Gasteiger partial charge in [-0.25, -0.2) is 9.97 Å². The first-order chi connectivity index (χ1) is 15.5. The van der Waals surface area contributed by atoms with E-state index in [1.165, 1.54) is 0 Å². The van der Waals surface area contributed by atoms with Gasteiger partial charge in [-0.3, -0.25) is 4.79 Å². The Morgan fingerprint density at radius 3 is 2.94 bits per heavy atom. The van der Waals surface area contributed by atoms with Gasteiger partial charge in [0.15, 0.2) is 0 Å². The summed E-state index contributed by atoms with van der Waals surface area (Å²) in [5, 5.41) is 7.08. The minimum Gasteiger partial charge on any atom is -0.355 e. The number of amides is 1. The Hall–Kier alpha value is -2.55. The molecular weight excluding hydrogens is 420 g/mol. The summed E-state index contributed by atoms with van der Waals surface area (Å²) >= 11 is 1.65. The Morgan fingerprint density at radius 1 is 1.31 bits per heavy atom. The molecule has 0 spiro atoms. The molecule has 0 aliphatic carbocycles. The van der Waals surface area contributed by atoms with E-state index in [1.54, 1.807) is 18.4 Å². The molecule has 3 heterocycles. The van der Waals surface area contributed by atoms with Crippen LogP contribution in [-0.4, -0.2) is 78.5 Å². The van der Waals surface area contributed by atoms with Crippen molar-refractivity contribution in [3.63, 3.8) is 0 Å². The highest BCUT2D eigenvalue weighted by molar-refractivity contribution is 7.22. The number of carbonyl (C=O) groups excluding carboxylic acids is 1. The van der Waals surface area contributed by atoms with Crippen LogP contribution in [0, 0.1) is 6.92 Å². The third kappa shape index (κ3) is 4.92. The van der Waals surface area contributed by atoms with Gasteiger partial charge in [-0.1, -0.05) is 6.07 Å². The molecule has 1 amide bonds. The maximum Gasteiger partial charge on any atom is 0.251 e. The molecule has 1 fully saturated rings. The first-order valence-corrected chi connectivity index (χ1v) is 12.0. The maximum atomic E-state index is 12.2. The number of likely N-dealkylation sites (N-methyl/N-ethyl adjacent to an activating group) is 1. The van der Waals surface area contributed by atoms with Crippen molar-refractivity contribution in [2.75, 3.05) is 52.1 Å². The predicted octanol–water partition coefficient (Wildman–Crippen LogP) is 3.46. The maximum absolute atomic E-state index is 12.2. The molecule has 0 saturated carbocycles. The predicted molar refractivity (Wildman–Crippen MR) is 133 cm³/mol. The minimum atomic E-state index is -0.0727. The van der Waals surface area contributed by atoms with E-state index in [9.17, 15) is 4.79 Å². The molecule has 32 heavy (non-hydrogen) atoms. The van der Waals surface area contributed by atoms with Gasteiger partial charge in [-0.15, -0.1) is 11.3 Å². The van der Waals surface area contributed by atoms with E-state index in [1.807, 2.05) is 31.3 Å². The van der Waals surface area contributed by atoms with Crippen LogP contribution in [0.2, 0.25) is 0 Å². The highest BCUT2D eigenvalue weighted by Crippen LogP contribution is 2.35. The van der Waals surface area contributed by atoms with Gasteiger partial charge in [-0.05, 0) is 57.6 Å². The number of nitrogens with one attached hydrogen (secondary N) is 2. The Bertz CT molecular complexity index is 1100. The van der Waals surface area contributed by atoms with Gasteiger partial charge >= 0.3 is 0 Å². The SMILES string of the molecule is CNC(=O)c1cccc2sc(-c3nc(NCCCN4CCN(C)C(C)C4)ncc3C)cc12. The number of hydrogen-bond donors (Lipinski definition) is 2. The zero-order valence-corrected chi connectivity index (χ0v) is 20.1. The molecule has 1 aromatic carbocycles. The number of carbonyl (C=O) groups is 1. The third-order valence-corrected chi connectivity index (χ3v) is 7.32. The van der Waals surface area contributed by atoms with Crippen LogP contribution in [-0.2, 0) is 0 Å². The van der Waals surface area contributed by atoms with Crippen molar-refractivity contribution < 1.29 is 4.79 Å². The van der Waals surface area contributed by atoms with Gasteiger partial charge in [-0.2, -0.15) is 0 Å². The largest absolute Gasteiger partial charge is 0.355 e. The summed E-state index contributed by atoms with van der Waals surface area (Å²) in [7, 11) is 3.86. The van der Waals surface area contributed by atoms with E-state index in [0.717, 1.165) is 65.4 Å². The van der Waals surface area contributed by atoms with Crippen LogP contribution in [0.15, 0.2) is 30.5 Å². The number of nitrogens with zero attached hydrogens (tertiary/aromatic N) is 4. The number of fused-ring (bicyclic) bond motifs is 1. The van der Waals surface area contributed by atoms with Crippen LogP contribution in [0.5, 0.6) is 0 Å². The molecule has 2 aromatic heterocycles. The lowest BCUT2D eigenvalue weighted by Crippen LogP contribution is -2.50. The van der Waals surface area contributed by atoms with Gasteiger partial charge in [0.1, 0.15) is 0 Å². The lowest BCUT2D eigenvalue weighted by atomic mass is 10.1. The van der Waals surface area contributed by atoms with Gasteiger partial charge < -0.3 is 20.4 Å². The average molecular weight is 453 g/mol. The summed E-state index contributed by atoms with van der Waals surface area (Å²) in [5.41, 5.74) is 2.63. The molecule has 8 heteroatoms. The monoisotopic (exact) mass is 452 g/mol. The first kappa shape index (κ1) is 22.6. The molecule has 1 atom stereocenters. The minimum absolute atomic E-state index is 0.0727. The number of thiophene rings is 1. The van der Waals surface area contributed by atoms with E-state index in [0.29, 0.717) is 17.6 Å². The Labute approximate surface area is 193 Å². The van der Waals surface area contributed by atoms with Gasteiger partial charge in [0.2, 0.25) is 5.95 Å². The molecular formula is C24H32N6OS. The van der Waals surface area contributed by atoms with Crippen molar-refractivity contribution in [1.29, 1.82) is 0 Å². The van der Waals surface area contributed by atoms with Gasteiger partial charge in [0, 0.05) is 61.1 Å². The molecule has 1 aliphatic rings. The van der Waals surface area contributed by atoms with Crippen LogP contribution in [0.1, 0.15) is 29.3 Å². The summed E-state index contributed by atoms with van der Waals surface area (Å²) in [6, 6.07) is 8.51. The third-order valence-electron chi connectivity index (χ3n) is 6.22. The fraction of sp³-hybridized carbons (Fsp3) is 0.458. The lowest BCUT2D eigenvalue weighted by molar-refractivity contribution is 0.0964. The van der Waals surface area contributed by atoms with Gasteiger partial charge in [0.05, 0.1) is 10.6 Å². The molecule has 1 aliphatic heterocycles. The molecule has 0 radical (unpaired) electrons. The van der Waals surface area contributed by atoms with E-state index < -0.39 is 0 Å². The van der Waals surface area contributed by atoms with Crippen molar-refractivity contribution in [1.82, 2.24) is 25.1 Å². The zero-order chi connectivity index (χ0) is 22.7.